The molecule has 0 radical (unpaired) electrons. The fourth-order valence-corrected chi connectivity index (χ4v) is 3.44. The molecule has 3 heterocycles. The van der Waals surface area contributed by atoms with E-state index in [1.54, 1.807) is 0 Å². The molecule has 26 heavy (non-hydrogen) atoms. The van der Waals surface area contributed by atoms with E-state index in [0.717, 1.165) is 16.0 Å². The van der Waals surface area contributed by atoms with Crippen LogP contribution in [0.3, 0.4) is 0 Å². The first-order valence-electron chi connectivity index (χ1n) is 7.90. The third kappa shape index (κ3) is 2.51. The van der Waals surface area contributed by atoms with E-state index in [1.807, 2.05) is 49.6 Å². The minimum Gasteiger partial charge on any atom is -0.364 e. The van der Waals surface area contributed by atoms with Crippen LogP contribution in [0.25, 0.3) is 27.6 Å². The lowest BCUT2D eigenvalue weighted by molar-refractivity contribution is 0.0997. The first kappa shape index (κ1) is 16.2. The Morgan fingerprint density at radius 1 is 1.19 bits per heavy atom. The number of nitrogens with two attached hydrogens (primary N) is 1. The number of hydrogen-bond acceptors (Lipinski definition) is 5. The summed E-state index contributed by atoms with van der Waals surface area (Å²) in [7, 11) is 0. The van der Waals surface area contributed by atoms with E-state index in [-0.39, 0.29) is 11.2 Å². The summed E-state index contributed by atoms with van der Waals surface area (Å²) in [5, 5.41) is 1.89. The molecular formula is C18H15N5O2S. The topological polar surface area (TPSA) is 107 Å². The number of carbonyl (C=O) groups excluding carboxylic acids is 1. The van der Waals surface area contributed by atoms with Gasteiger partial charge in [-0.15, -0.1) is 11.3 Å². The van der Waals surface area contributed by atoms with Gasteiger partial charge in [-0.1, -0.05) is 12.1 Å². The van der Waals surface area contributed by atoms with Crippen molar-refractivity contribution in [2.24, 2.45) is 5.73 Å². The highest BCUT2D eigenvalue weighted by Crippen LogP contribution is 2.25. The van der Waals surface area contributed by atoms with E-state index >= 15 is 0 Å². The predicted octanol–water partition coefficient (Wildman–Crippen LogP) is 2.55. The zero-order valence-corrected chi connectivity index (χ0v) is 14.9. The van der Waals surface area contributed by atoms with Crippen LogP contribution in [-0.4, -0.2) is 25.4 Å². The molecule has 0 saturated heterocycles. The van der Waals surface area contributed by atoms with Gasteiger partial charge in [0.2, 0.25) is 0 Å². The molecule has 8 heteroatoms. The van der Waals surface area contributed by atoms with Crippen molar-refractivity contribution in [3.63, 3.8) is 0 Å². The first-order valence-corrected chi connectivity index (χ1v) is 8.78. The monoisotopic (exact) mass is 365 g/mol. The highest BCUT2D eigenvalue weighted by molar-refractivity contribution is 7.13. The van der Waals surface area contributed by atoms with Crippen molar-refractivity contribution in [3.05, 3.63) is 63.0 Å². The number of aromatic amines is 1. The Labute approximate surface area is 152 Å². The van der Waals surface area contributed by atoms with Crippen LogP contribution in [0.15, 0.2) is 40.5 Å². The Morgan fingerprint density at radius 2 is 2.00 bits per heavy atom. The zero-order chi connectivity index (χ0) is 18.4. The van der Waals surface area contributed by atoms with Crippen LogP contribution in [0.5, 0.6) is 0 Å². The number of thiophene rings is 1. The fraction of sp³-hybridized carbons (Fsp3) is 0.111. The number of aromatic nitrogens is 4. The van der Waals surface area contributed by atoms with Crippen molar-refractivity contribution >= 4 is 28.4 Å². The third-order valence-electron chi connectivity index (χ3n) is 4.26. The van der Waals surface area contributed by atoms with Crippen LogP contribution >= 0.6 is 11.3 Å². The lowest BCUT2D eigenvalue weighted by Gasteiger charge is -2.07. The van der Waals surface area contributed by atoms with Gasteiger partial charge < -0.3 is 10.7 Å². The Kier molecular flexibility index (Phi) is 3.69. The number of benzene rings is 1. The summed E-state index contributed by atoms with van der Waals surface area (Å²) in [5.74, 6) is -0.360. The van der Waals surface area contributed by atoms with Gasteiger partial charge in [-0.3, -0.25) is 4.79 Å². The summed E-state index contributed by atoms with van der Waals surface area (Å²) in [6, 6.07) is 9.40. The second-order valence-corrected chi connectivity index (χ2v) is 6.92. The number of imidazole rings is 1. The number of H-pyrrole nitrogens is 1. The molecule has 7 nitrogen and oxygen atoms in total. The Hall–Kier alpha value is -3.26. The summed E-state index contributed by atoms with van der Waals surface area (Å²) in [4.78, 5) is 36.7. The van der Waals surface area contributed by atoms with Crippen LogP contribution in [0.1, 0.15) is 21.6 Å². The largest absolute Gasteiger partial charge is 0.364 e. The normalized spacial score (nSPS) is 11.2. The standard InChI is InChI=1S/C18H15N5O2S/c1-9-5-6-11(8-10(9)2)23-17-14(21-18(23)25)13(15(19)24)20-16(22-17)12-4-3-7-26-12/h3-8H,1-2H3,(H2,19,24)(H,21,25). The van der Waals surface area contributed by atoms with Crippen LogP contribution in [-0.2, 0) is 0 Å². The molecule has 0 fully saturated rings. The molecule has 1 amide bonds. The lowest BCUT2D eigenvalue weighted by atomic mass is 10.1. The zero-order valence-electron chi connectivity index (χ0n) is 14.1. The van der Waals surface area contributed by atoms with E-state index in [1.165, 1.54) is 15.9 Å². The summed E-state index contributed by atoms with van der Waals surface area (Å²) in [6.45, 7) is 3.97. The number of nitrogens with zero attached hydrogens (tertiary/aromatic N) is 3. The second-order valence-electron chi connectivity index (χ2n) is 5.97. The molecule has 0 saturated carbocycles. The van der Waals surface area contributed by atoms with Crippen LogP contribution < -0.4 is 11.4 Å². The fourth-order valence-electron chi connectivity index (χ4n) is 2.78. The number of fused-ring (bicyclic) bond motifs is 1. The average Bonchev–Trinajstić information content (AvgIpc) is 3.23. The van der Waals surface area contributed by atoms with Gasteiger partial charge in [0.25, 0.3) is 5.91 Å². The number of amides is 1. The second kappa shape index (κ2) is 5.92. The van der Waals surface area contributed by atoms with Gasteiger partial charge in [-0.25, -0.2) is 19.3 Å². The number of carbonyl (C=O) groups is 1. The van der Waals surface area contributed by atoms with E-state index in [9.17, 15) is 9.59 Å². The van der Waals surface area contributed by atoms with Crippen molar-refractivity contribution in [2.45, 2.75) is 13.8 Å². The van der Waals surface area contributed by atoms with Gasteiger partial charge in [0.05, 0.1) is 10.6 Å². The summed E-state index contributed by atoms with van der Waals surface area (Å²) in [6.07, 6.45) is 0. The predicted molar refractivity (Wildman–Crippen MR) is 101 cm³/mol. The van der Waals surface area contributed by atoms with Crippen LogP contribution in [0.2, 0.25) is 0 Å². The average molecular weight is 365 g/mol. The van der Waals surface area contributed by atoms with E-state index in [0.29, 0.717) is 17.2 Å². The van der Waals surface area contributed by atoms with Gasteiger partial charge in [0, 0.05) is 0 Å². The minimum atomic E-state index is -0.719. The number of rotatable bonds is 3. The summed E-state index contributed by atoms with van der Waals surface area (Å²) >= 11 is 1.44. The smallest absolute Gasteiger partial charge is 0.332 e. The molecule has 0 spiro atoms. The SMILES string of the molecule is Cc1ccc(-n2c(=O)[nH]c3c(C(N)=O)nc(-c4cccs4)nc32)cc1C. The Morgan fingerprint density at radius 3 is 2.65 bits per heavy atom. The maximum Gasteiger partial charge on any atom is 0.332 e. The Balaban J connectivity index is 2.08. The van der Waals surface area contributed by atoms with Crippen molar-refractivity contribution in [1.29, 1.82) is 0 Å². The van der Waals surface area contributed by atoms with Gasteiger partial charge in [0.1, 0.15) is 5.52 Å². The molecule has 130 valence electrons. The minimum absolute atomic E-state index is 0.00177. The van der Waals surface area contributed by atoms with Crippen molar-refractivity contribution in [2.75, 3.05) is 0 Å². The molecule has 0 bridgehead atoms. The third-order valence-corrected chi connectivity index (χ3v) is 5.13. The molecule has 4 rings (SSSR count). The molecule has 3 aromatic heterocycles. The molecule has 0 atom stereocenters. The summed E-state index contributed by atoms with van der Waals surface area (Å²) in [5.41, 5.74) is 8.48. The molecule has 0 aliphatic heterocycles. The van der Waals surface area contributed by atoms with Gasteiger partial charge >= 0.3 is 5.69 Å². The molecule has 0 aliphatic carbocycles. The summed E-state index contributed by atoms with van der Waals surface area (Å²) < 4.78 is 1.44. The van der Waals surface area contributed by atoms with Gasteiger partial charge in [-0.2, -0.15) is 0 Å². The Bertz CT molecular complexity index is 1200. The van der Waals surface area contributed by atoms with E-state index in [2.05, 4.69) is 15.0 Å². The quantitative estimate of drug-likeness (QED) is 0.582. The number of primary amides is 1. The van der Waals surface area contributed by atoms with E-state index in [4.69, 9.17) is 5.73 Å². The van der Waals surface area contributed by atoms with Crippen LogP contribution in [0, 0.1) is 13.8 Å². The molecule has 4 aromatic rings. The molecule has 1 aromatic carbocycles. The molecule has 0 unspecified atom stereocenters. The highest BCUT2D eigenvalue weighted by Gasteiger charge is 2.20. The molecule has 0 aliphatic rings. The first-order chi connectivity index (χ1) is 12.5. The van der Waals surface area contributed by atoms with E-state index < -0.39 is 11.6 Å². The van der Waals surface area contributed by atoms with Gasteiger partial charge in [-0.05, 0) is 48.6 Å². The maximum absolute atomic E-state index is 12.6. The van der Waals surface area contributed by atoms with Crippen molar-refractivity contribution in [1.82, 2.24) is 19.5 Å². The van der Waals surface area contributed by atoms with Gasteiger partial charge in [0.15, 0.2) is 17.2 Å². The number of nitrogens with one attached hydrogen (secondary N) is 1. The maximum atomic E-state index is 12.6. The van der Waals surface area contributed by atoms with Crippen LogP contribution in [0.4, 0.5) is 0 Å². The molecule has 3 N–H and O–H groups in total. The highest BCUT2D eigenvalue weighted by atomic mass is 32.1. The molecular weight excluding hydrogens is 350 g/mol. The number of hydrogen-bond donors (Lipinski definition) is 2. The van der Waals surface area contributed by atoms with Crippen molar-refractivity contribution < 1.29 is 4.79 Å². The van der Waals surface area contributed by atoms with Crippen molar-refractivity contribution in [3.8, 4) is 16.4 Å². The number of aryl methyl sites for hydroxylation is 2. The lowest BCUT2D eigenvalue weighted by Crippen LogP contribution is -2.15.